The highest BCUT2D eigenvalue weighted by Gasteiger charge is 2.24. The summed E-state index contributed by atoms with van der Waals surface area (Å²) >= 11 is 0. The summed E-state index contributed by atoms with van der Waals surface area (Å²) in [6, 6.07) is 0. The fourth-order valence-electron chi connectivity index (χ4n) is 2.58. The molecule has 1 heterocycles. The maximum absolute atomic E-state index is 11.4. The third kappa shape index (κ3) is 6.36. The van der Waals surface area contributed by atoms with Gasteiger partial charge in [-0.1, -0.05) is 6.92 Å². The third-order valence-corrected chi connectivity index (χ3v) is 3.28. The number of nitrogens with one attached hydrogen (secondary N) is 1. The molecule has 0 saturated carbocycles. The van der Waals surface area contributed by atoms with Crippen molar-refractivity contribution in [1.82, 2.24) is 10.2 Å². The standard InChI is InChI=1S/C14H28N2O2/c1-4-6-13(17)15-9-12-7-5-8-16(10-12)11-14(2,3)18/h12,18H,4-11H2,1-3H3,(H,15,17). The Labute approximate surface area is 111 Å². The third-order valence-electron chi connectivity index (χ3n) is 3.28. The Morgan fingerprint density at radius 1 is 1.50 bits per heavy atom. The van der Waals surface area contributed by atoms with Crippen LogP contribution in [-0.4, -0.2) is 47.7 Å². The molecule has 0 radical (unpaired) electrons. The Morgan fingerprint density at radius 3 is 2.83 bits per heavy atom. The van der Waals surface area contributed by atoms with Crippen LogP contribution >= 0.6 is 0 Å². The Morgan fingerprint density at radius 2 is 2.22 bits per heavy atom. The Balaban J connectivity index is 2.28. The molecule has 1 fully saturated rings. The number of carbonyl (C=O) groups is 1. The van der Waals surface area contributed by atoms with Gasteiger partial charge in [0.05, 0.1) is 5.60 Å². The molecule has 18 heavy (non-hydrogen) atoms. The van der Waals surface area contributed by atoms with Crippen molar-refractivity contribution in [1.29, 1.82) is 0 Å². The number of nitrogens with zero attached hydrogens (tertiary/aromatic N) is 1. The zero-order valence-corrected chi connectivity index (χ0v) is 12.0. The number of β-amino-alcohol motifs (C(OH)–C–C–N with tert-alkyl or cyclic N) is 1. The molecule has 1 rings (SSSR count). The van der Waals surface area contributed by atoms with E-state index >= 15 is 0 Å². The maximum atomic E-state index is 11.4. The summed E-state index contributed by atoms with van der Waals surface area (Å²) in [4.78, 5) is 13.7. The topological polar surface area (TPSA) is 52.6 Å². The number of piperidine rings is 1. The molecule has 1 aliphatic rings. The van der Waals surface area contributed by atoms with Crippen molar-refractivity contribution in [3.8, 4) is 0 Å². The van der Waals surface area contributed by atoms with E-state index in [-0.39, 0.29) is 5.91 Å². The van der Waals surface area contributed by atoms with Crippen molar-refractivity contribution in [2.24, 2.45) is 5.92 Å². The first-order valence-corrected chi connectivity index (χ1v) is 7.12. The lowest BCUT2D eigenvalue weighted by Crippen LogP contribution is -2.46. The van der Waals surface area contributed by atoms with Gasteiger partial charge in [-0.3, -0.25) is 4.79 Å². The average Bonchev–Trinajstić information content (AvgIpc) is 2.25. The van der Waals surface area contributed by atoms with E-state index in [0.717, 1.165) is 32.5 Å². The zero-order chi connectivity index (χ0) is 13.6. The molecule has 0 aromatic rings. The van der Waals surface area contributed by atoms with Gasteiger partial charge in [-0.25, -0.2) is 0 Å². The van der Waals surface area contributed by atoms with E-state index in [1.54, 1.807) is 0 Å². The van der Waals surface area contributed by atoms with E-state index in [2.05, 4.69) is 10.2 Å². The Hall–Kier alpha value is -0.610. The van der Waals surface area contributed by atoms with Crippen molar-refractivity contribution in [3.05, 3.63) is 0 Å². The number of amides is 1. The molecule has 0 aliphatic carbocycles. The number of carbonyl (C=O) groups excluding carboxylic acids is 1. The number of likely N-dealkylation sites (tertiary alicyclic amines) is 1. The molecule has 1 amide bonds. The van der Waals surface area contributed by atoms with Crippen molar-refractivity contribution >= 4 is 5.91 Å². The van der Waals surface area contributed by atoms with Crippen molar-refractivity contribution in [3.63, 3.8) is 0 Å². The summed E-state index contributed by atoms with van der Waals surface area (Å²) in [7, 11) is 0. The van der Waals surface area contributed by atoms with Gasteiger partial charge in [-0.2, -0.15) is 0 Å². The van der Waals surface area contributed by atoms with Crippen LogP contribution < -0.4 is 5.32 Å². The fourth-order valence-corrected chi connectivity index (χ4v) is 2.58. The number of aliphatic hydroxyl groups is 1. The van der Waals surface area contributed by atoms with E-state index in [4.69, 9.17) is 0 Å². The van der Waals surface area contributed by atoms with Crippen molar-refractivity contribution in [2.45, 2.75) is 52.1 Å². The normalized spacial score (nSPS) is 21.9. The van der Waals surface area contributed by atoms with Crippen LogP contribution in [0.2, 0.25) is 0 Å². The summed E-state index contributed by atoms with van der Waals surface area (Å²) < 4.78 is 0. The lowest BCUT2D eigenvalue weighted by Gasteiger charge is -2.36. The van der Waals surface area contributed by atoms with Crippen molar-refractivity contribution < 1.29 is 9.90 Å². The molecule has 0 aromatic carbocycles. The van der Waals surface area contributed by atoms with Gasteiger partial charge in [0.1, 0.15) is 0 Å². The van der Waals surface area contributed by atoms with Crippen LogP contribution in [-0.2, 0) is 4.79 Å². The SMILES string of the molecule is CCCC(=O)NCC1CCCN(CC(C)(C)O)C1. The smallest absolute Gasteiger partial charge is 0.219 e. The highest BCUT2D eigenvalue weighted by atomic mass is 16.3. The van der Waals surface area contributed by atoms with Crippen LogP contribution in [0.4, 0.5) is 0 Å². The molecule has 0 bridgehead atoms. The van der Waals surface area contributed by atoms with Gasteiger partial charge in [-0.05, 0) is 45.6 Å². The molecule has 2 N–H and O–H groups in total. The number of hydrogen-bond acceptors (Lipinski definition) is 3. The molecule has 106 valence electrons. The lowest BCUT2D eigenvalue weighted by molar-refractivity contribution is -0.121. The first-order valence-electron chi connectivity index (χ1n) is 7.12. The molecule has 1 saturated heterocycles. The summed E-state index contributed by atoms with van der Waals surface area (Å²) in [5.74, 6) is 0.694. The Kier molecular flexibility index (Phi) is 6.09. The van der Waals surface area contributed by atoms with E-state index < -0.39 is 5.60 Å². The molecular weight excluding hydrogens is 228 g/mol. The summed E-state index contributed by atoms with van der Waals surface area (Å²) in [5.41, 5.74) is -0.632. The summed E-state index contributed by atoms with van der Waals surface area (Å²) in [5, 5.41) is 12.8. The molecule has 0 aromatic heterocycles. The Bertz CT molecular complexity index is 261. The highest BCUT2D eigenvalue weighted by Crippen LogP contribution is 2.18. The molecule has 1 atom stereocenters. The van der Waals surface area contributed by atoms with Gasteiger partial charge in [-0.15, -0.1) is 0 Å². The van der Waals surface area contributed by atoms with Crippen LogP contribution in [0.25, 0.3) is 0 Å². The van der Waals surface area contributed by atoms with Crippen LogP contribution in [0.3, 0.4) is 0 Å². The predicted molar refractivity (Wildman–Crippen MR) is 73.4 cm³/mol. The minimum Gasteiger partial charge on any atom is -0.389 e. The van der Waals surface area contributed by atoms with E-state index in [1.807, 2.05) is 20.8 Å². The maximum Gasteiger partial charge on any atom is 0.219 e. The van der Waals surface area contributed by atoms with Crippen LogP contribution in [0.15, 0.2) is 0 Å². The number of rotatable bonds is 6. The van der Waals surface area contributed by atoms with Gasteiger partial charge in [0.2, 0.25) is 5.91 Å². The van der Waals surface area contributed by atoms with E-state index in [0.29, 0.717) is 18.9 Å². The second-order valence-corrected chi connectivity index (χ2v) is 6.11. The van der Waals surface area contributed by atoms with Gasteiger partial charge in [0, 0.05) is 26.1 Å². The molecular formula is C14H28N2O2. The summed E-state index contributed by atoms with van der Waals surface area (Å²) in [6.45, 7) is 9.25. The average molecular weight is 256 g/mol. The largest absolute Gasteiger partial charge is 0.389 e. The van der Waals surface area contributed by atoms with Crippen molar-refractivity contribution in [2.75, 3.05) is 26.2 Å². The molecule has 0 spiro atoms. The lowest BCUT2D eigenvalue weighted by atomic mass is 9.96. The van der Waals surface area contributed by atoms with Crippen LogP contribution in [0.1, 0.15) is 46.5 Å². The van der Waals surface area contributed by atoms with Gasteiger partial charge >= 0.3 is 0 Å². The van der Waals surface area contributed by atoms with E-state index in [9.17, 15) is 9.90 Å². The zero-order valence-electron chi connectivity index (χ0n) is 12.0. The summed E-state index contributed by atoms with van der Waals surface area (Å²) in [6.07, 6.45) is 3.86. The van der Waals surface area contributed by atoms with Gasteiger partial charge < -0.3 is 15.3 Å². The number of hydrogen-bond donors (Lipinski definition) is 2. The second kappa shape index (κ2) is 7.10. The first-order chi connectivity index (χ1) is 8.40. The quantitative estimate of drug-likeness (QED) is 0.755. The predicted octanol–water partition coefficient (Wildman–Crippen LogP) is 1.39. The second-order valence-electron chi connectivity index (χ2n) is 6.11. The molecule has 1 unspecified atom stereocenters. The van der Waals surface area contributed by atoms with E-state index in [1.165, 1.54) is 6.42 Å². The molecule has 4 nitrogen and oxygen atoms in total. The van der Waals surface area contributed by atoms with Gasteiger partial charge in [0.15, 0.2) is 0 Å². The minimum atomic E-state index is -0.632. The van der Waals surface area contributed by atoms with Crippen LogP contribution in [0, 0.1) is 5.92 Å². The van der Waals surface area contributed by atoms with Crippen LogP contribution in [0.5, 0.6) is 0 Å². The minimum absolute atomic E-state index is 0.164. The fraction of sp³-hybridized carbons (Fsp3) is 0.929. The first kappa shape index (κ1) is 15.4. The highest BCUT2D eigenvalue weighted by molar-refractivity contribution is 5.75. The molecule has 4 heteroatoms. The molecule has 1 aliphatic heterocycles. The van der Waals surface area contributed by atoms with Gasteiger partial charge in [0.25, 0.3) is 0 Å². The monoisotopic (exact) mass is 256 g/mol.